The molecule has 2 aliphatic heterocycles. The SMILES string of the molecule is CC(C)c1nnsc1CN1CCOC[C@](O)(CN2CCCC2)C1. The summed E-state index contributed by atoms with van der Waals surface area (Å²) in [5, 5.41) is 15.3. The van der Waals surface area contributed by atoms with Gasteiger partial charge in [-0.2, -0.15) is 0 Å². The minimum absolute atomic E-state index is 0.385. The molecule has 3 heterocycles. The molecule has 1 N–H and O–H groups in total. The van der Waals surface area contributed by atoms with Gasteiger partial charge in [0.25, 0.3) is 0 Å². The van der Waals surface area contributed by atoms with E-state index in [2.05, 4.69) is 33.2 Å². The van der Waals surface area contributed by atoms with Crippen molar-refractivity contribution in [2.45, 2.75) is 44.8 Å². The highest BCUT2D eigenvalue weighted by atomic mass is 32.1. The van der Waals surface area contributed by atoms with Crippen LogP contribution in [0, 0.1) is 0 Å². The average molecular weight is 340 g/mol. The van der Waals surface area contributed by atoms with Gasteiger partial charge in [0.15, 0.2) is 0 Å². The van der Waals surface area contributed by atoms with E-state index < -0.39 is 5.60 Å². The number of aromatic nitrogens is 2. The van der Waals surface area contributed by atoms with Gasteiger partial charge >= 0.3 is 0 Å². The normalized spacial score (nSPS) is 27.7. The minimum atomic E-state index is -0.781. The number of nitrogens with zero attached hydrogens (tertiary/aromatic N) is 4. The van der Waals surface area contributed by atoms with E-state index in [0.29, 0.717) is 32.2 Å². The third kappa shape index (κ3) is 4.48. The summed E-state index contributed by atoms with van der Waals surface area (Å²) in [6.45, 7) is 10.6. The van der Waals surface area contributed by atoms with Crippen LogP contribution < -0.4 is 0 Å². The van der Waals surface area contributed by atoms with Crippen molar-refractivity contribution in [3.63, 3.8) is 0 Å². The molecule has 0 unspecified atom stereocenters. The number of ether oxygens (including phenoxy) is 1. The molecule has 130 valence electrons. The van der Waals surface area contributed by atoms with Gasteiger partial charge in [0.05, 0.1) is 23.8 Å². The number of rotatable bonds is 5. The highest BCUT2D eigenvalue weighted by Crippen LogP contribution is 2.24. The van der Waals surface area contributed by atoms with E-state index >= 15 is 0 Å². The summed E-state index contributed by atoms with van der Waals surface area (Å²) in [6.07, 6.45) is 2.48. The standard InChI is InChI=1S/C16H28N4O2S/c1-13(2)15-14(23-18-17-15)9-20-7-8-22-12-16(21,11-20)10-19-5-3-4-6-19/h13,21H,3-12H2,1-2H3/t16-/m0/s1. The van der Waals surface area contributed by atoms with Gasteiger partial charge in [0.1, 0.15) is 5.60 Å². The molecule has 1 aromatic heterocycles. The zero-order chi connectivity index (χ0) is 16.3. The zero-order valence-electron chi connectivity index (χ0n) is 14.2. The van der Waals surface area contributed by atoms with Crippen molar-refractivity contribution >= 4 is 11.5 Å². The van der Waals surface area contributed by atoms with E-state index in [0.717, 1.165) is 31.9 Å². The van der Waals surface area contributed by atoms with Gasteiger partial charge in [-0.3, -0.25) is 4.90 Å². The Hall–Kier alpha value is -0.600. The molecule has 0 saturated carbocycles. The molecule has 0 amide bonds. The Balaban J connectivity index is 1.65. The summed E-state index contributed by atoms with van der Waals surface area (Å²) in [5.74, 6) is 0.385. The average Bonchev–Trinajstić information content (AvgIpc) is 3.11. The second-order valence-corrected chi connectivity index (χ2v) is 8.05. The van der Waals surface area contributed by atoms with Gasteiger partial charge in [-0.25, -0.2) is 0 Å². The zero-order valence-corrected chi connectivity index (χ0v) is 15.0. The van der Waals surface area contributed by atoms with Crippen molar-refractivity contribution in [3.05, 3.63) is 10.6 Å². The molecule has 23 heavy (non-hydrogen) atoms. The molecule has 2 fully saturated rings. The van der Waals surface area contributed by atoms with Crippen LogP contribution in [0.3, 0.4) is 0 Å². The fraction of sp³-hybridized carbons (Fsp3) is 0.875. The Labute approximate surface area is 142 Å². The van der Waals surface area contributed by atoms with Crippen LogP contribution in [0.2, 0.25) is 0 Å². The maximum atomic E-state index is 11.1. The lowest BCUT2D eigenvalue weighted by Crippen LogP contribution is -2.51. The monoisotopic (exact) mass is 340 g/mol. The molecule has 0 aliphatic carbocycles. The molecule has 0 radical (unpaired) electrons. The summed E-state index contributed by atoms with van der Waals surface area (Å²) in [4.78, 5) is 5.87. The lowest BCUT2D eigenvalue weighted by Gasteiger charge is -2.33. The summed E-state index contributed by atoms with van der Waals surface area (Å²) in [6, 6.07) is 0. The maximum Gasteiger partial charge on any atom is 0.113 e. The van der Waals surface area contributed by atoms with Crippen molar-refractivity contribution in [2.24, 2.45) is 0 Å². The molecule has 0 bridgehead atoms. The van der Waals surface area contributed by atoms with Crippen molar-refractivity contribution in [2.75, 3.05) is 45.9 Å². The van der Waals surface area contributed by atoms with E-state index in [9.17, 15) is 5.11 Å². The minimum Gasteiger partial charge on any atom is -0.385 e. The topological polar surface area (TPSA) is 61.7 Å². The van der Waals surface area contributed by atoms with Gasteiger partial charge in [-0.1, -0.05) is 18.3 Å². The van der Waals surface area contributed by atoms with Crippen LogP contribution in [0.4, 0.5) is 0 Å². The van der Waals surface area contributed by atoms with Crippen LogP contribution in [0.1, 0.15) is 43.2 Å². The first kappa shape index (κ1) is 17.2. The molecule has 0 aromatic carbocycles. The molecule has 2 saturated heterocycles. The number of aliphatic hydroxyl groups is 1. The van der Waals surface area contributed by atoms with Crippen molar-refractivity contribution in [1.82, 2.24) is 19.4 Å². The highest BCUT2D eigenvalue weighted by Gasteiger charge is 2.35. The summed E-state index contributed by atoms with van der Waals surface area (Å²) in [7, 11) is 0. The Morgan fingerprint density at radius 1 is 1.26 bits per heavy atom. The van der Waals surface area contributed by atoms with E-state index in [4.69, 9.17) is 4.74 Å². The molecule has 1 atom stereocenters. The lowest BCUT2D eigenvalue weighted by molar-refractivity contribution is -0.0548. The van der Waals surface area contributed by atoms with Gasteiger partial charge in [-0.15, -0.1) is 5.10 Å². The highest BCUT2D eigenvalue weighted by molar-refractivity contribution is 7.05. The van der Waals surface area contributed by atoms with Crippen LogP contribution in [0.5, 0.6) is 0 Å². The van der Waals surface area contributed by atoms with E-state index in [1.54, 1.807) is 0 Å². The van der Waals surface area contributed by atoms with Gasteiger partial charge in [0.2, 0.25) is 0 Å². The van der Waals surface area contributed by atoms with Crippen LogP contribution in [-0.4, -0.2) is 76.0 Å². The van der Waals surface area contributed by atoms with E-state index in [-0.39, 0.29) is 0 Å². The van der Waals surface area contributed by atoms with E-state index in [1.807, 2.05) is 0 Å². The van der Waals surface area contributed by atoms with Gasteiger partial charge in [-0.05, 0) is 43.4 Å². The second kappa shape index (κ2) is 7.53. The first-order valence-corrected chi connectivity index (χ1v) is 9.39. The third-order valence-electron chi connectivity index (χ3n) is 4.66. The number of hydrogen-bond donors (Lipinski definition) is 1. The van der Waals surface area contributed by atoms with Crippen molar-refractivity contribution < 1.29 is 9.84 Å². The Morgan fingerprint density at radius 2 is 2.04 bits per heavy atom. The summed E-state index contributed by atoms with van der Waals surface area (Å²) in [5.41, 5.74) is 0.306. The Morgan fingerprint density at radius 3 is 2.78 bits per heavy atom. The Kier molecular flexibility index (Phi) is 5.64. The van der Waals surface area contributed by atoms with E-state index in [1.165, 1.54) is 29.3 Å². The first-order valence-electron chi connectivity index (χ1n) is 8.62. The quantitative estimate of drug-likeness (QED) is 0.872. The molecule has 3 rings (SSSR count). The molecular formula is C16H28N4O2S. The molecule has 1 aromatic rings. The van der Waals surface area contributed by atoms with Gasteiger partial charge < -0.3 is 14.7 Å². The predicted octanol–water partition coefficient (Wildman–Crippen LogP) is 1.32. The molecular weight excluding hydrogens is 312 g/mol. The predicted molar refractivity (Wildman–Crippen MR) is 90.7 cm³/mol. The number of likely N-dealkylation sites (tertiary alicyclic amines) is 1. The Bertz CT molecular complexity index is 504. The second-order valence-electron chi connectivity index (χ2n) is 7.21. The molecule has 6 nitrogen and oxygen atoms in total. The fourth-order valence-electron chi connectivity index (χ4n) is 3.55. The number of hydrogen-bond acceptors (Lipinski definition) is 7. The lowest BCUT2D eigenvalue weighted by atomic mass is 10.0. The molecule has 0 spiro atoms. The maximum absolute atomic E-state index is 11.1. The first-order chi connectivity index (χ1) is 11.1. The third-order valence-corrected chi connectivity index (χ3v) is 5.38. The summed E-state index contributed by atoms with van der Waals surface area (Å²) >= 11 is 1.48. The number of β-amino-alcohol motifs (C(OH)–C–C–N with tert-alkyl or cyclic N) is 1. The molecule has 2 aliphatic rings. The van der Waals surface area contributed by atoms with Crippen LogP contribution in [-0.2, 0) is 11.3 Å². The fourth-order valence-corrected chi connectivity index (χ4v) is 4.39. The smallest absolute Gasteiger partial charge is 0.113 e. The van der Waals surface area contributed by atoms with Crippen LogP contribution in [0.25, 0.3) is 0 Å². The van der Waals surface area contributed by atoms with Crippen molar-refractivity contribution in [1.29, 1.82) is 0 Å². The largest absolute Gasteiger partial charge is 0.385 e. The molecule has 7 heteroatoms. The van der Waals surface area contributed by atoms with Crippen molar-refractivity contribution in [3.8, 4) is 0 Å². The summed E-state index contributed by atoms with van der Waals surface area (Å²) < 4.78 is 9.82. The van der Waals surface area contributed by atoms with Crippen LogP contribution >= 0.6 is 11.5 Å². The van der Waals surface area contributed by atoms with Gasteiger partial charge in [0, 0.05) is 26.2 Å². The van der Waals surface area contributed by atoms with Crippen LogP contribution in [0.15, 0.2) is 0 Å².